The Hall–Kier alpha value is -2.80. The minimum absolute atomic E-state index is 0.184. The van der Waals surface area contributed by atoms with Gasteiger partial charge in [0.15, 0.2) is 5.76 Å². The largest absolute Gasteiger partial charge is 0.495 e. The summed E-state index contributed by atoms with van der Waals surface area (Å²) in [5.41, 5.74) is 1.37. The predicted octanol–water partition coefficient (Wildman–Crippen LogP) is 3.79. The van der Waals surface area contributed by atoms with E-state index in [-0.39, 0.29) is 5.91 Å². The van der Waals surface area contributed by atoms with E-state index < -0.39 is 5.41 Å². The van der Waals surface area contributed by atoms with Crippen molar-refractivity contribution in [1.82, 2.24) is 10.1 Å². The lowest BCUT2D eigenvalue weighted by Gasteiger charge is -2.37. The Morgan fingerprint density at radius 2 is 1.93 bits per heavy atom. The van der Waals surface area contributed by atoms with E-state index in [2.05, 4.69) is 16.1 Å². The Labute approximate surface area is 173 Å². The number of hydrogen-bond donors (Lipinski definition) is 0. The molecule has 0 spiro atoms. The van der Waals surface area contributed by atoms with Crippen LogP contribution in [0.5, 0.6) is 5.75 Å². The first-order valence-electron chi connectivity index (χ1n) is 9.90. The fourth-order valence-corrected chi connectivity index (χ4v) is 4.76. The number of para-hydroxylation sites is 2. The van der Waals surface area contributed by atoms with Gasteiger partial charge in [-0.2, -0.15) is 0 Å². The lowest BCUT2D eigenvalue weighted by atomic mass is 9.99. The van der Waals surface area contributed by atoms with Crippen LogP contribution in [-0.2, 0) is 10.2 Å². The number of piperazine rings is 1. The maximum Gasteiger partial charge on any atom is 0.235 e. The second-order valence-corrected chi connectivity index (χ2v) is 8.53. The van der Waals surface area contributed by atoms with Crippen molar-refractivity contribution in [2.24, 2.45) is 0 Å². The van der Waals surface area contributed by atoms with Gasteiger partial charge in [0, 0.05) is 32.2 Å². The summed E-state index contributed by atoms with van der Waals surface area (Å²) < 4.78 is 11.0. The normalized spacial score (nSPS) is 18.0. The molecule has 0 bridgehead atoms. The third-order valence-corrected chi connectivity index (χ3v) is 6.80. The number of methoxy groups -OCH3 is 1. The number of rotatable bonds is 5. The molecule has 3 aromatic rings. The summed E-state index contributed by atoms with van der Waals surface area (Å²) >= 11 is 1.61. The van der Waals surface area contributed by atoms with E-state index in [1.54, 1.807) is 18.4 Å². The molecular weight excluding hydrogens is 386 g/mol. The van der Waals surface area contributed by atoms with Crippen LogP contribution in [0.15, 0.2) is 52.4 Å². The molecular formula is C22H23N3O3S. The highest BCUT2D eigenvalue weighted by atomic mass is 32.1. The van der Waals surface area contributed by atoms with Crippen LogP contribution in [0.1, 0.15) is 18.5 Å². The first kappa shape index (κ1) is 18.2. The van der Waals surface area contributed by atoms with E-state index in [9.17, 15) is 4.79 Å². The van der Waals surface area contributed by atoms with Gasteiger partial charge in [-0.3, -0.25) is 4.79 Å². The van der Waals surface area contributed by atoms with Gasteiger partial charge in [0.05, 0.1) is 28.8 Å². The molecule has 3 heterocycles. The Balaban J connectivity index is 1.28. The maximum atomic E-state index is 13.3. The van der Waals surface area contributed by atoms with E-state index >= 15 is 0 Å². The summed E-state index contributed by atoms with van der Waals surface area (Å²) in [4.78, 5) is 18.7. The molecule has 1 saturated carbocycles. The molecule has 150 valence electrons. The van der Waals surface area contributed by atoms with Gasteiger partial charge in [0.25, 0.3) is 0 Å². The molecule has 7 heteroatoms. The molecule has 2 aliphatic rings. The molecule has 2 aromatic heterocycles. The van der Waals surface area contributed by atoms with Crippen molar-refractivity contribution in [3.63, 3.8) is 0 Å². The van der Waals surface area contributed by atoms with Gasteiger partial charge in [-0.1, -0.05) is 23.4 Å². The van der Waals surface area contributed by atoms with Crippen LogP contribution >= 0.6 is 11.3 Å². The Kier molecular flexibility index (Phi) is 4.54. The van der Waals surface area contributed by atoms with Gasteiger partial charge in [-0.05, 0) is 36.4 Å². The van der Waals surface area contributed by atoms with Gasteiger partial charge in [-0.25, -0.2) is 0 Å². The third kappa shape index (κ3) is 3.19. The zero-order chi connectivity index (χ0) is 19.8. The molecule has 0 atom stereocenters. The van der Waals surface area contributed by atoms with Gasteiger partial charge in [-0.15, -0.1) is 11.3 Å². The van der Waals surface area contributed by atoms with Gasteiger partial charge >= 0.3 is 0 Å². The van der Waals surface area contributed by atoms with Crippen molar-refractivity contribution in [3.8, 4) is 16.4 Å². The van der Waals surface area contributed by atoms with Crippen LogP contribution in [0.2, 0.25) is 0 Å². The van der Waals surface area contributed by atoms with E-state index in [0.29, 0.717) is 13.1 Å². The number of anilines is 1. The first-order chi connectivity index (χ1) is 14.2. The molecule has 1 aromatic carbocycles. The topological polar surface area (TPSA) is 58.8 Å². The van der Waals surface area contributed by atoms with Crippen molar-refractivity contribution in [3.05, 3.63) is 53.5 Å². The van der Waals surface area contributed by atoms with Crippen molar-refractivity contribution >= 4 is 22.9 Å². The molecule has 6 nitrogen and oxygen atoms in total. The van der Waals surface area contributed by atoms with Crippen LogP contribution in [0.4, 0.5) is 5.69 Å². The van der Waals surface area contributed by atoms with E-state index in [1.807, 2.05) is 46.7 Å². The Morgan fingerprint density at radius 1 is 1.14 bits per heavy atom. The highest BCUT2D eigenvalue weighted by molar-refractivity contribution is 7.13. The van der Waals surface area contributed by atoms with Crippen molar-refractivity contribution in [1.29, 1.82) is 0 Å². The number of thiophene rings is 1. The second kappa shape index (κ2) is 7.22. The highest BCUT2D eigenvalue weighted by Crippen LogP contribution is 2.50. The van der Waals surface area contributed by atoms with Gasteiger partial charge in [0.2, 0.25) is 5.91 Å². The molecule has 5 rings (SSSR count). The third-order valence-electron chi connectivity index (χ3n) is 5.92. The summed E-state index contributed by atoms with van der Waals surface area (Å²) in [5, 5.41) is 6.28. The average Bonchev–Trinajstić information content (AvgIpc) is 3.18. The SMILES string of the molecule is COc1ccccc1N1CCN(C(=O)C2(c3cc(-c4cccs4)on3)CC2)CC1. The average molecular weight is 410 g/mol. The number of hydrogen-bond acceptors (Lipinski definition) is 6. The number of carbonyl (C=O) groups is 1. The monoisotopic (exact) mass is 409 g/mol. The molecule has 0 radical (unpaired) electrons. The maximum absolute atomic E-state index is 13.3. The fraction of sp³-hybridized carbons (Fsp3) is 0.364. The smallest absolute Gasteiger partial charge is 0.235 e. The van der Waals surface area contributed by atoms with Crippen molar-refractivity contribution < 1.29 is 14.1 Å². The molecule has 2 fully saturated rings. The summed E-state index contributed by atoms with van der Waals surface area (Å²) in [6, 6.07) is 14.0. The Morgan fingerprint density at radius 3 is 2.62 bits per heavy atom. The number of amides is 1. The quantitative estimate of drug-likeness (QED) is 0.642. The molecule has 1 amide bonds. The summed E-state index contributed by atoms with van der Waals surface area (Å²) in [5.74, 6) is 1.80. The molecule has 0 N–H and O–H groups in total. The standard InChI is InChI=1S/C22H23N3O3S/c1-27-17-6-3-2-5-16(17)24-10-12-25(13-11-24)21(26)22(8-9-22)20-15-18(28-23-20)19-7-4-14-29-19/h2-7,14-15H,8-13H2,1H3. The minimum atomic E-state index is -0.494. The first-order valence-corrected chi connectivity index (χ1v) is 10.8. The summed E-state index contributed by atoms with van der Waals surface area (Å²) in [7, 11) is 1.69. The molecule has 1 aliphatic carbocycles. The van der Waals surface area contributed by atoms with E-state index in [0.717, 1.165) is 53.7 Å². The highest BCUT2D eigenvalue weighted by Gasteiger charge is 2.55. The van der Waals surface area contributed by atoms with Crippen LogP contribution < -0.4 is 9.64 Å². The lowest BCUT2D eigenvalue weighted by Crippen LogP contribution is -2.51. The second-order valence-electron chi connectivity index (χ2n) is 7.59. The number of carbonyl (C=O) groups excluding carboxylic acids is 1. The minimum Gasteiger partial charge on any atom is -0.495 e. The lowest BCUT2D eigenvalue weighted by molar-refractivity contribution is -0.134. The van der Waals surface area contributed by atoms with Gasteiger partial charge in [0.1, 0.15) is 5.75 Å². The Bertz CT molecular complexity index is 1000. The van der Waals surface area contributed by atoms with Gasteiger partial charge < -0.3 is 19.1 Å². The van der Waals surface area contributed by atoms with Crippen LogP contribution in [0, 0.1) is 0 Å². The molecule has 1 saturated heterocycles. The number of nitrogens with zero attached hydrogens (tertiary/aromatic N) is 3. The zero-order valence-corrected chi connectivity index (χ0v) is 17.2. The van der Waals surface area contributed by atoms with Crippen LogP contribution in [0.25, 0.3) is 10.6 Å². The molecule has 1 aliphatic heterocycles. The van der Waals surface area contributed by atoms with E-state index in [1.165, 1.54) is 0 Å². The number of ether oxygens (including phenoxy) is 1. The fourth-order valence-electron chi connectivity index (χ4n) is 4.08. The molecule has 29 heavy (non-hydrogen) atoms. The number of benzene rings is 1. The predicted molar refractivity (Wildman–Crippen MR) is 113 cm³/mol. The van der Waals surface area contributed by atoms with Crippen molar-refractivity contribution in [2.45, 2.75) is 18.3 Å². The van der Waals surface area contributed by atoms with Crippen molar-refractivity contribution in [2.75, 3.05) is 38.2 Å². The summed E-state index contributed by atoms with van der Waals surface area (Å²) in [6.07, 6.45) is 1.68. The van der Waals surface area contributed by atoms with Crippen LogP contribution in [0.3, 0.4) is 0 Å². The summed E-state index contributed by atoms with van der Waals surface area (Å²) in [6.45, 7) is 2.99. The van der Waals surface area contributed by atoms with E-state index in [4.69, 9.17) is 9.26 Å². The van der Waals surface area contributed by atoms with Crippen LogP contribution in [-0.4, -0.2) is 49.3 Å². The number of aromatic nitrogens is 1. The molecule has 0 unspecified atom stereocenters. The zero-order valence-electron chi connectivity index (χ0n) is 16.3.